The average molecular weight is 392 g/mol. The van der Waals surface area contributed by atoms with Gasteiger partial charge < -0.3 is 14.8 Å². The van der Waals surface area contributed by atoms with E-state index in [4.69, 9.17) is 16.3 Å². The minimum absolute atomic E-state index is 0.175. The number of halogens is 1. The third-order valence-electron chi connectivity index (χ3n) is 4.65. The number of carbonyl (C=O) groups is 1. The number of aromatic carboxylic acids is 1. The van der Waals surface area contributed by atoms with E-state index in [1.807, 2.05) is 60.7 Å². The van der Waals surface area contributed by atoms with Crippen molar-refractivity contribution in [2.24, 2.45) is 0 Å². The van der Waals surface area contributed by atoms with Crippen LogP contribution in [-0.2, 0) is 6.42 Å². The Bertz CT molecular complexity index is 1120. The Morgan fingerprint density at radius 2 is 1.71 bits per heavy atom. The van der Waals surface area contributed by atoms with Crippen molar-refractivity contribution < 1.29 is 14.6 Å². The molecule has 28 heavy (non-hydrogen) atoms. The second kappa shape index (κ2) is 7.79. The monoisotopic (exact) mass is 391 g/mol. The number of carboxylic acid groups (broad SMARTS) is 1. The number of hydrogen-bond donors (Lipinski definition) is 2. The van der Waals surface area contributed by atoms with E-state index in [2.05, 4.69) is 4.98 Å². The number of fused-ring (bicyclic) bond motifs is 1. The highest BCUT2D eigenvalue weighted by atomic mass is 35.5. The number of para-hydroxylation sites is 2. The molecule has 0 aliphatic carbocycles. The maximum absolute atomic E-state index is 11.9. The lowest BCUT2D eigenvalue weighted by molar-refractivity contribution is 0.0692. The van der Waals surface area contributed by atoms with Crippen LogP contribution in [0.4, 0.5) is 0 Å². The second-order valence-electron chi connectivity index (χ2n) is 6.44. The fourth-order valence-electron chi connectivity index (χ4n) is 3.36. The predicted molar refractivity (Wildman–Crippen MR) is 111 cm³/mol. The van der Waals surface area contributed by atoms with E-state index in [9.17, 15) is 9.90 Å². The van der Waals surface area contributed by atoms with Gasteiger partial charge in [0.25, 0.3) is 0 Å². The van der Waals surface area contributed by atoms with Crippen LogP contribution in [0.15, 0.2) is 72.8 Å². The zero-order chi connectivity index (χ0) is 19.5. The van der Waals surface area contributed by atoms with Crippen molar-refractivity contribution in [3.05, 3.63) is 89.1 Å². The lowest BCUT2D eigenvalue weighted by Crippen LogP contribution is -2.02. The summed E-state index contributed by atoms with van der Waals surface area (Å²) in [6.07, 6.45) is 0.659. The van der Waals surface area contributed by atoms with Gasteiger partial charge >= 0.3 is 5.97 Å². The Balaban J connectivity index is 1.70. The maximum atomic E-state index is 11.9. The molecule has 0 fully saturated rings. The average Bonchev–Trinajstić information content (AvgIpc) is 3.10. The Morgan fingerprint density at radius 1 is 0.964 bits per heavy atom. The van der Waals surface area contributed by atoms with Crippen LogP contribution in [0.5, 0.6) is 5.75 Å². The molecule has 2 N–H and O–H groups in total. The van der Waals surface area contributed by atoms with Crippen molar-refractivity contribution >= 4 is 28.5 Å². The second-order valence-corrected chi connectivity index (χ2v) is 6.87. The summed E-state index contributed by atoms with van der Waals surface area (Å²) in [6, 6.07) is 22.7. The van der Waals surface area contributed by atoms with Gasteiger partial charge in [-0.2, -0.15) is 0 Å². The molecule has 0 aliphatic rings. The summed E-state index contributed by atoms with van der Waals surface area (Å²) >= 11 is 5.99. The highest BCUT2D eigenvalue weighted by Gasteiger charge is 2.20. The molecular weight excluding hydrogens is 374 g/mol. The normalized spacial score (nSPS) is 10.9. The Labute approximate surface area is 167 Å². The Kier molecular flexibility index (Phi) is 5.04. The number of rotatable bonds is 6. The van der Waals surface area contributed by atoms with Gasteiger partial charge in [-0.05, 0) is 35.4 Å². The summed E-state index contributed by atoms with van der Waals surface area (Å²) in [4.78, 5) is 15.0. The Morgan fingerprint density at radius 3 is 2.43 bits per heavy atom. The van der Waals surface area contributed by atoms with Crippen molar-refractivity contribution in [1.82, 2.24) is 4.98 Å². The van der Waals surface area contributed by atoms with Crippen molar-refractivity contribution in [1.29, 1.82) is 0 Å². The summed E-state index contributed by atoms with van der Waals surface area (Å²) in [5.41, 5.74) is 3.49. The summed E-state index contributed by atoms with van der Waals surface area (Å²) < 4.78 is 5.80. The van der Waals surface area contributed by atoms with E-state index in [1.54, 1.807) is 12.1 Å². The highest BCUT2D eigenvalue weighted by Crippen LogP contribution is 2.34. The number of carboxylic acids is 1. The van der Waals surface area contributed by atoms with Crippen molar-refractivity contribution in [2.45, 2.75) is 6.42 Å². The van der Waals surface area contributed by atoms with Gasteiger partial charge in [-0.1, -0.05) is 60.1 Å². The molecule has 5 heteroatoms. The molecule has 0 aliphatic heterocycles. The summed E-state index contributed by atoms with van der Waals surface area (Å²) in [5, 5.41) is 11.2. The zero-order valence-corrected chi connectivity index (χ0v) is 15.7. The first kappa shape index (κ1) is 18.1. The van der Waals surface area contributed by atoms with E-state index in [0.717, 1.165) is 27.8 Å². The van der Waals surface area contributed by atoms with Gasteiger partial charge in [0, 0.05) is 22.4 Å². The zero-order valence-electron chi connectivity index (χ0n) is 15.0. The molecule has 0 bridgehead atoms. The minimum Gasteiger partial charge on any atom is -0.493 e. The highest BCUT2D eigenvalue weighted by molar-refractivity contribution is 6.30. The van der Waals surface area contributed by atoms with Crippen LogP contribution >= 0.6 is 11.6 Å². The van der Waals surface area contributed by atoms with Gasteiger partial charge in [0.05, 0.1) is 12.1 Å². The molecule has 3 aromatic carbocycles. The molecular formula is C23H18ClNO3. The number of benzene rings is 3. The van der Waals surface area contributed by atoms with Crippen molar-refractivity contribution in [3.8, 4) is 16.9 Å². The van der Waals surface area contributed by atoms with E-state index >= 15 is 0 Å². The molecule has 4 nitrogen and oxygen atoms in total. The first-order chi connectivity index (χ1) is 13.6. The number of hydrogen-bond acceptors (Lipinski definition) is 2. The lowest BCUT2D eigenvalue weighted by Gasteiger charge is -2.07. The molecule has 0 atom stereocenters. The van der Waals surface area contributed by atoms with Crippen LogP contribution in [0.1, 0.15) is 16.1 Å². The van der Waals surface area contributed by atoms with Crippen molar-refractivity contribution in [2.75, 3.05) is 6.61 Å². The molecule has 4 aromatic rings. The molecule has 0 radical (unpaired) electrons. The van der Waals surface area contributed by atoms with Crippen LogP contribution in [0.3, 0.4) is 0 Å². The Hall–Kier alpha value is -3.24. The third-order valence-corrected chi connectivity index (χ3v) is 4.90. The van der Waals surface area contributed by atoms with Crippen LogP contribution < -0.4 is 4.74 Å². The SMILES string of the molecule is O=C(O)c1[nH]c2c(CCOc3ccccc3)cccc2c1-c1ccc(Cl)cc1. The van der Waals surface area contributed by atoms with Gasteiger partial charge in [-0.3, -0.25) is 0 Å². The van der Waals surface area contributed by atoms with Crippen LogP contribution in [-0.4, -0.2) is 22.7 Å². The molecule has 4 rings (SSSR count). The van der Waals surface area contributed by atoms with Gasteiger partial charge in [0.2, 0.25) is 0 Å². The minimum atomic E-state index is -0.993. The molecule has 0 unspecified atom stereocenters. The van der Waals surface area contributed by atoms with Crippen LogP contribution in [0, 0.1) is 0 Å². The van der Waals surface area contributed by atoms with Crippen molar-refractivity contribution in [3.63, 3.8) is 0 Å². The van der Waals surface area contributed by atoms with Gasteiger partial charge in [0.1, 0.15) is 11.4 Å². The van der Waals surface area contributed by atoms with Crippen LogP contribution in [0.25, 0.3) is 22.0 Å². The lowest BCUT2D eigenvalue weighted by atomic mass is 10.00. The number of ether oxygens (including phenoxy) is 1. The topological polar surface area (TPSA) is 62.3 Å². The first-order valence-corrected chi connectivity index (χ1v) is 9.32. The molecule has 0 amide bonds. The summed E-state index contributed by atoms with van der Waals surface area (Å²) in [7, 11) is 0. The van der Waals surface area contributed by atoms with E-state index in [1.165, 1.54) is 0 Å². The molecule has 0 spiro atoms. The molecule has 0 saturated heterocycles. The van der Waals surface area contributed by atoms with E-state index in [0.29, 0.717) is 23.6 Å². The summed E-state index contributed by atoms with van der Waals surface area (Å²) in [5.74, 6) is -0.179. The molecule has 1 heterocycles. The largest absolute Gasteiger partial charge is 0.493 e. The molecule has 0 saturated carbocycles. The standard InChI is InChI=1S/C23H18ClNO3/c24-17-11-9-15(10-12-17)20-19-8-4-5-16(21(19)25-22(20)23(26)27)13-14-28-18-6-2-1-3-7-18/h1-12,25H,13-14H2,(H,26,27). The fraction of sp³-hybridized carbons (Fsp3) is 0.0870. The predicted octanol–water partition coefficient (Wildman–Crippen LogP) is 5.81. The maximum Gasteiger partial charge on any atom is 0.352 e. The van der Waals surface area contributed by atoms with Gasteiger partial charge in [-0.15, -0.1) is 0 Å². The summed E-state index contributed by atoms with van der Waals surface area (Å²) in [6.45, 7) is 0.501. The molecule has 140 valence electrons. The number of aromatic nitrogens is 1. The smallest absolute Gasteiger partial charge is 0.352 e. The fourth-order valence-corrected chi connectivity index (χ4v) is 3.48. The number of H-pyrrole nitrogens is 1. The first-order valence-electron chi connectivity index (χ1n) is 8.94. The quantitative estimate of drug-likeness (QED) is 0.436. The molecule has 1 aromatic heterocycles. The van der Waals surface area contributed by atoms with Gasteiger partial charge in [-0.25, -0.2) is 4.79 Å². The van der Waals surface area contributed by atoms with E-state index < -0.39 is 5.97 Å². The van der Waals surface area contributed by atoms with Crippen LogP contribution in [0.2, 0.25) is 5.02 Å². The van der Waals surface area contributed by atoms with Gasteiger partial charge in [0.15, 0.2) is 0 Å². The number of nitrogens with one attached hydrogen (secondary N) is 1. The third kappa shape index (κ3) is 3.59. The van der Waals surface area contributed by atoms with E-state index in [-0.39, 0.29) is 5.69 Å². The number of aromatic amines is 1.